The van der Waals surface area contributed by atoms with Crippen molar-refractivity contribution in [3.63, 3.8) is 0 Å². The minimum absolute atomic E-state index is 0.0175. The van der Waals surface area contributed by atoms with Crippen molar-refractivity contribution in [3.8, 4) is 17.1 Å². The highest BCUT2D eigenvalue weighted by atomic mass is 32.1. The summed E-state index contributed by atoms with van der Waals surface area (Å²) in [6.45, 7) is 13.0. The van der Waals surface area contributed by atoms with Crippen LogP contribution in [-0.4, -0.2) is 21.1 Å². The van der Waals surface area contributed by atoms with Gasteiger partial charge in [0.25, 0.3) is 0 Å². The van der Waals surface area contributed by atoms with E-state index in [4.69, 9.17) is 19.7 Å². The Bertz CT molecular complexity index is 1320. The summed E-state index contributed by atoms with van der Waals surface area (Å²) in [7, 11) is 0. The molecule has 35 heavy (non-hydrogen) atoms. The molecule has 0 radical (unpaired) electrons. The van der Waals surface area contributed by atoms with Gasteiger partial charge in [-0.15, -0.1) is 11.3 Å². The van der Waals surface area contributed by atoms with Gasteiger partial charge in [-0.3, -0.25) is 0 Å². The molecule has 0 saturated heterocycles. The minimum Gasteiger partial charge on any atom is -0.473 e. The first-order valence-electron chi connectivity index (χ1n) is 12.3. The average molecular weight is 486 g/mol. The molecule has 4 rings (SSSR count). The van der Waals surface area contributed by atoms with Gasteiger partial charge in [0, 0.05) is 16.9 Å². The number of fused-ring (bicyclic) bond motifs is 1. The molecule has 0 aliphatic heterocycles. The van der Waals surface area contributed by atoms with Gasteiger partial charge < -0.3 is 4.74 Å². The highest BCUT2D eigenvalue weighted by Crippen LogP contribution is 2.32. The maximum absolute atomic E-state index is 6.05. The van der Waals surface area contributed by atoms with Crippen molar-refractivity contribution in [2.75, 3.05) is 0 Å². The molecule has 0 atom stereocenters. The first kappa shape index (κ1) is 25.1. The molecule has 0 saturated carbocycles. The fraction of sp³-hybridized carbons (Fsp3) is 0.367. The first-order chi connectivity index (χ1) is 16.7. The van der Waals surface area contributed by atoms with E-state index in [1.54, 1.807) is 11.3 Å². The molecule has 2 aromatic heterocycles. The third kappa shape index (κ3) is 6.55. The van der Waals surface area contributed by atoms with E-state index >= 15 is 0 Å². The number of allylic oxidation sites excluding steroid dienone is 1. The van der Waals surface area contributed by atoms with Crippen molar-refractivity contribution in [2.45, 2.75) is 66.4 Å². The number of benzene rings is 2. The lowest BCUT2D eigenvalue weighted by Crippen LogP contribution is -2.14. The molecule has 0 N–H and O–H groups in total. The van der Waals surface area contributed by atoms with E-state index in [1.165, 1.54) is 10.7 Å². The summed E-state index contributed by atoms with van der Waals surface area (Å²) in [6, 6.07) is 16.3. The summed E-state index contributed by atoms with van der Waals surface area (Å²) in [4.78, 5) is 14.5. The molecule has 0 unspecified atom stereocenters. The van der Waals surface area contributed by atoms with Crippen molar-refractivity contribution < 1.29 is 4.74 Å². The van der Waals surface area contributed by atoms with Gasteiger partial charge in [-0.2, -0.15) is 0 Å². The van der Waals surface area contributed by atoms with Crippen molar-refractivity contribution in [2.24, 2.45) is 5.41 Å². The van der Waals surface area contributed by atoms with E-state index in [2.05, 4.69) is 69.5 Å². The molecule has 0 aliphatic carbocycles. The number of nitrogens with zero attached hydrogens (tertiary/aromatic N) is 3. The highest BCUT2D eigenvalue weighted by molar-refractivity contribution is 7.09. The van der Waals surface area contributed by atoms with E-state index in [0.717, 1.165) is 40.7 Å². The SMILES string of the molecule is CC(C)Oc1nc2ccccc2nc1-c1cccc(C=CCC(C)(C)Cc2csc(C(C)C)n2)c1. The minimum atomic E-state index is 0.0175. The molecule has 0 aliphatic rings. The van der Waals surface area contributed by atoms with E-state index in [9.17, 15) is 0 Å². The average Bonchev–Trinajstić information content (AvgIpc) is 3.26. The zero-order chi connectivity index (χ0) is 25.0. The fourth-order valence-electron chi connectivity index (χ4n) is 4.01. The Morgan fingerprint density at radius 1 is 0.943 bits per heavy atom. The molecule has 2 heterocycles. The van der Waals surface area contributed by atoms with Gasteiger partial charge in [0.1, 0.15) is 5.69 Å². The Morgan fingerprint density at radius 3 is 2.37 bits per heavy atom. The van der Waals surface area contributed by atoms with Crippen molar-refractivity contribution in [3.05, 3.63) is 76.3 Å². The molecule has 5 heteroatoms. The summed E-state index contributed by atoms with van der Waals surface area (Å²) in [5, 5.41) is 3.44. The molecular weight excluding hydrogens is 450 g/mol. The van der Waals surface area contributed by atoms with Crippen LogP contribution in [0.1, 0.15) is 70.1 Å². The van der Waals surface area contributed by atoms with Crippen molar-refractivity contribution in [1.82, 2.24) is 15.0 Å². The molecule has 0 amide bonds. The molecule has 0 fully saturated rings. The van der Waals surface area contributed by atoms with Crippen LogP contribution in [0, 0.1) is 5.41 Å². The first-order valence-corrected chi connectivity index (χ1v) is 13.2. The second-order valence-corrected chi connectivity index (χ2v) is 11.3. The molecule has 0 spiro atoms. The van der Waals surface area contributed by atoms with Gasteiger partial charge in [-0.1, -0.05) is 70.2 Å². The van der Waals surface area contributed by atoms with Gasteiger partial charge >= 0.3 is 0 Å². The summed E-state index contributed by atoms with van der Waals surface area (Å²) in [6.07, 6.45) is 6.44. The number of aromatic nitrogens is 3. The fourth-order valence-corrected chi connectivity index (χ4v) is 4.85. The zero-order valence-electron chi connectivity index (χ0n) is 21.6. The predicted molar refractivity (Wildman–Crippen MR) is 148 cm³/mol. The van der Waals surface area contributed by atoms with E-state index in [-0.39, 0.29) is 11.5 Å². The number of ether oxygens (including phenoxy) is 1. The lowest BCUT2D eigenvalue weighted by molar-refractivity contribution is 0.234. The second-order valence-electron chi connectivity index (χ2n) is 10.4. The number of hydrogen-bond acceptors (Lipinski definition) is 5. The summed E-state index contributed by atoms with van der Waals surface area (Å²) < 4.78 is 6.05. The summed E-state index contributed by atoms with van der Waals surface area (Å²) in [5.74, 6) is 1.06. The standard InChI is InChI=1S/C30H35N3OS/c1-20(2)29-31-24(19-35-29)18-30(5,6)16-10-12-22-11-9-13-23(17-22)27-28(34-21(3)4)33-26-15-8-7-14-25(26)32-27/h7-15,17,19-21H,16,18H2,1-6H3. The normalized spacial score (nSPS) is 12.3. The largest absolute Gasteiger partial charge is 0.473 e. The van der Waals surface area contributed by atoms with Gasteiger partial charge in [0.15, 0.2) is 0 Å². The van der Waals surface area contributed by atoms with Gasteiger partial charge in [-0.05, 0) is 55.9 Å². The Balaban J connectivity index is 1.53. The van der Waals surface area contributed by atoms with Crippen LogP contribution < -0.4 is 4.74 Å². The lowest BCUT2D eigenvalue weighted by atomic mass is 9.84. The lowest BCUT2D eigenvalue weighted by Gasteiger charge is -2.21. The Labute approximate surface area is 213 Å². The number of thiazole rings is 1. The summed E-state index contributed by atoms with van der Waals surface area (Å²) in [5.41, 5.74) is 5.96. The van der Waals surface area contributed by atoms with Gasteiger partial charge in [0.2, 0.25) is 5.88 Å². The van der Waals surface area contributed by atoms with Crippen LogP contribution in [0.25, 0.3) is 28.4 Å². The van der Waals surface area contributed by atoms with Crippen LogP contribution in [0.5, 0.6) is 5.88 Å². The van der Waals surface area contributed by atoms with Crippen molar-refractivity contribution >= 4 is 28.4 Å². The van der Waals surface area contributed by atoms with Crippen molar-refractivity contribution in [1.29, 1.82) is 0 Å². The van der Waals surface area contributed by atoms with Crippen LogP contribution in [0.3, 0.4) is 0 Å². The summed E-state index contributed by atoms with van der Waals surface area (Å²) >= 11 is 1.77. The zero-order valence-corrected chi connectivity index (χ0v) is 22.4. The van der Waals surface area contributed by atoms with Crippen LogP contribution in [0.2, 0.25) is 0 Å². The topological polar surface area (TPSA) is 47.9 Å². The number of para-hydroxylation sites is 2. The van der Waals surface area contributed by atoms with Gasteiger partial charge in [0.05, 0.1) is 27.8 Å². The Kier molecular flexibility index (Phi) is 7.66. The maximum Gasteiger partial charge on any atom is 0.241 e. The molecule has 0 bridgehead atoms. The van der Waals surface area contributed by atoms with Crippen LogP contribution >= 0.6 is 11.3 Å². The van der Waals surface area contributed by atoms with Crippen LogP contribution in [-0.2, 0) is 6.42 Å². The third-order valence-corrected chi connectivity index (χ3v) is 6.94. The number of rotatable bonds is 9. The highest BCUT2D eigenvalue weighted by Gasteiger charge is 2.19. The predicted octanol–water partition coefficient (Wildman–Crippen LogP) is 8.34. The van der Waals surface area contributed by atoms with E-state index in [0.29, 0.717) is 11.8 Å². The quantitative estimate of drug-likeness (QED) is 0.239. The van der Waals surface area contributed by atoms with Crippen LogP contribution in [0.15, 0.2) is 60.0 Å². The third-order valence-electron chi connectivity index (χ3n) is 5.75. The Morgan fingerprint density at radius 2 is 1.69 bits per heavy atom. The van der Waals surface area contributed by atoms with E-state index < -0.39 is 0 Å². The second kappa shape index (κ2) is 10.7. The molecule has 182 valence electrons. The monoisotopic (exact) mass is 485 g/mol. The van der Waals surface area contributed by atoms with Crippen LogP contribution in [0.4, 0.5) is 0 Å². The molecule has 2 aromatic carbocycles. The molecular formula is C30H35N3OS. The smallest absolute Gasteiger partial charge is 0.241 e. The molecule has 4 aromatic rings. The number of hydrogen-bond donors (Lipinski definition) is 0. The van der Waals surface area contributed by atoms with E-state index in [1.807, 2.05) is 38.1 Å². The Hall–Kier alpha value is -3.05. The maximum atomic E-state index is 6.05. The van der Waals surface area contributed by atoms with Gasteiger partial charge in [-0.25, -0.2) is 15.0 Å². The molecule has 4 nitrogen and oxygen atoms in total.